The molecule has 8 bridgehead atoms. The zero-order valence-electron chi connectivity index (χ0n) is 23.0. The molecule has 0 radical (unpaired) electrons. The van der Waals surface area contributed by atoms with Gasteiger partial charge in [0, 0.05) is 52.1 Å². The molecular weight excluding hydrogens is 730 g/mol. The molecule has 202 valence electrons. The highest BCUT2D eigenvalue weighted by Crippen LogP contribution is 2.38. The first-order valence-electron chi connectivity index (χ1n) is 13.8. The van der Waals surface area contributed by atoms with Crippen molar-refractivity contribution in [1.82, 2.24) is 19.9 Å². The molecule has 41 heavy (non-hydrogen) atoms. The molecule has 0 fully saturated rings. The molecule has 5 aromatic rings. The molecule has 2 N–H and O–H groups in total. The van der Waals surface area contributed by atoms with Crippen LogP contribution in [0.1, 0.15) is 48.1 Å². The van der Waals surface area contributed by atoms with Crippen LogP contribution in [0.3, 0.4) is 0 Å². The van der Waals surface area contributed by atoms with Crippen molar-refractivity contribution < 1.29 is 0 Å². The first-order chi connectivity index (χ1) is 19.8. The third-order valence-electron chi connectivity index (χ3n) is 7.88. The van der Waals surface area contributed by atoms with E-state index in [0.717, 1.165) is 79.1 Å². The number of H-pyrrole nitrogens is 2. The van der Waals surface area contributed by atoms with Crippen LogP contribution in [0.2, 0.25) is 0 Å². The smallest absolute Gasteiger partial charge is 0.0766 e. The molecule has 2 aliphatic heterocycles. The SMILES string of the molecule is CC1=Cc2nc1c(-c1ccc(I)cc1)c1ccc(cc3nc(cc4[nH]c(cc4I)c2-c2ccc(C)cc2)C(C)C3)[nH]1. The van der Waals surface area contributed by atoms with Crippen molar-refractivity contribution >= 4 is 78.9 Å². The van der Waals surface area contributed by atoms with Crippen LogP contribution < -0.4 is 0 Å². The minimum absolute atomic E-state index is 0.352. The van der Waals surface area contributed by atoms with Gasteiger partial charge in [-0.3, -0.25) is 4.98 Å². The number of rotatable bonds is 2. The van der Waals surface area contributed by atoms with Crippen molar-refractivity contribution in [2.75, 3.05) is 0 Å². The van der Waals surface area contributed by atoms with Gasteiger partial charge in [-0.2, -0.15) is 0 Å². The minimum atomic E-state index is 0.352. The van der Waals surface area contributed by atoms with Crippen molar-refractivity contribution in [2.24, 2.45) is 0 Å². The Hall–Kier alpha value is -3.24. The Balaban J connectivity index is 1.66. The van der Waals surface area contributed by atoms with Gasteiger partial charge in [-0.1, -0.05) is 48.9 Å². The number of halogens is 2. The minimum Gasteiger partial charge on any atom is -0.355 e. The van der Waals surface area contributed by atoms with Gasteiger partial charge in [0.15, 0.2) is 0 Å². The number of allylic oxidation sites excluding steroid dienone is 1. The van der Waals surface area contributed by atoms with E-state index in [1.807, 2.05) is 0 Å². The van der Waals surface area contributed by atoms with E-state index in [-0.39, 0.29) is 0 Å². The fourth-order valence-electron chi connectivity index (χ4n) is 5.75. The largest absolute Gasteiger partial charge is 0.355 e. The van der Waals surface area contributed by atoms with E-state index in [1.165, 1.54) is 12.7 Å². The highest BCUT2D eigenvalue weighted by atomic mass is 127. The van der Waals surface area contributed by atoms with Gasteiger partial charge >= 0.3 is 0 Å². The summed E-state index contributed by atoms with van der Waals surface area (Å²) in [5.74, 6) is 0.352. The summed E-state index contributed by atoms with van der Waals surface area (Å²) in [5, 5.41) is 0. The van der Waals surface area contributed by atoms with Crippen molar-refractivity contribution in [3.63, 3.8) is 0 Å². The van der Waals surface area contributed by atoms with Crippen LogP contribution >= 0.6 is 45.2 Å². The molecule has 0 saturated heterocycles. The summed E-state index contributed by atoms with van der Waals surface area (Å²) in [5.41, 5.74) is 15.2. The van der Waals surface area contributed by atoms with Gasteiger partial charge in [0.25, 0.3) is 0 Å². The van der Waals surface area contributed by atoms with E-state index in [9.17, 15) is 0 Å². The van der Waals surface area contributed by atoms with Crippen molar-refractivity contribution in [2.45, 2.75) is 33.1 Å². The summed E-state index contributed by atoms with van der Waals surface area (Å²) in [6.45, 7) is 6.55. The standard InChI is InChI=1S/C35H28I2N4/c1-19-4-6-22(7-5-19)33-31-15-21(3)35(41-31)34(23-8-10-24(36)11-9-23)28-13-12-25(38-28)16-26-14-20(2)29(39-26)18-30-27(37)17-32(33)40-30/h4-13,15-18,20,38,40H,14H2,1-3H3. The second-order valence-corrected chi connectivity index (χ2v) is 13.4. The summed E-state index contributed by atoms with van der Waals surface area (Å²) < 4.78 is 2.37. The lowest BCUT2D eigenvalue weighted by molar-refractivity contribution is 0.797. The maximum absolute atomic E-state index is 5.38. The van der Waals surface area contributed by atoms with E-state index in [4.69, 9.17) is 9.97 Å². The Morgan fingerprint density at radius 2 is 1.46 bits per heavy atom. The summed E-state index contributed by atoms with van der Waals surface area (Å²) in [4.78, 5) is 17.9. The Morgan fingerprint density at radius 3 is 2.24 bits per heavy atom. The van der Waals surface area contributed by atoms with Gasteiger partial charge in [0.2, 0.25) is 0 Å². The number of benzene rings is 2. The van der Waals surface area contributed by atoms with E-state index in [1.54, 1.807) is 0 Å². The normalized spacial score (nSPS) is 14.8. The number of aromatic amines is 2. The molecule has 0 saturated carbocycles. The highest BCUT2D eigenvalue weighted by Gasteiger charge is 2.20. The lowest BCUT2D eigenvalue weighted by atomic mass is 10.00. The molecule has 6 heteroatoms. The van der Waals surface area contributed by atoms with Gasteiger partial charge in [-0.05, 0) is 131 Å². The van der Waals surface area contributed by atoms with Crippen molar-refractivity contribution in [1.29, 1.82) is 0 Å². The lowest BCUT2D eigenvalue weighted by Gasteiger charge is -2.07. The molecule has 0 spiro atoms. The molecule has 2 aromatic carbocycles. The lowest BCUT2D eigenvalue weighted by Crippen LogP contribution is -1.89. The Bertz CT molecular complexity index is 2010. The van der Waals surface area contributed by atoms with Gasteiger partial charge in [0.05, 0.1) is 16.9 Å². The molecule has 1 atom stereocenters. The third-order valence-corrected chi connectivity index (χ3v) is 9.49. The topological polar surface area (TPSA) is 57.4 Å². The Morgan fingerprint density at radius 1 is 0.732 bits per heavy atom. The molecule has 3 aromatic heterocycles. The van der Waals surface area contributed by atoms with Crippen molar-refractivity contribution in [3.05, 3.63) is 114 Å². The Labute approximate surface area is 266 Å². The predicted octanol–water partition coefficient (Wildman–Crippen LogP) is 10.1. The van der Waals surface area contributed by atoms with Crippen LogP contribution in [0.5, 0.6) is 0 Å². The average molecular weight is 758 g/mol. The first kappa shape index (κ1) is 26.6. The number of fused-ring (bicyclic) bond motifs is 8. The second kappa shape index (κ2) is 10.5. The molecule has 0 aliphatic carbocycles. The second-order valence-electron chi connectivity index (χ2n) is 11.0. The summed E-state index contributed by atoms with van der Waals surface area (Å²) in [7, 11) is 0. The monoisotopic (exact) mass is 758 g/mol. The fraction of sp³-hybridized carbons (Fsp3) is 0.143. The highest BCUT2D eigenvalue weighted by molar-refractivity contribution is 14.1. The first-order valence-corrected chi connectivity index (χ1v) is 15.9. The zero-order valence-corrected chi connectivity index (χ0v) is 27.3. The molecule has 5 heterocycles. The van der Waals surface area contributed by atoms with E-state index < -0.39 is 0 Å². The molecular formula is C35H28I2N4. The number of nitrogens with zero attached hydrogens (tertiary/aromatic N) is 2. The average Bonchev–Trinajstić information content (AvgIpc) is 3.72. The van der Waals surface area contributed by atoms with Crippen LogP contribution in [-0.4, -0.2) is 19.9 Å². The van der Waals surface area contributed by atoms with Crippen LogP contribution in [0.4, 0.5) is 0 Å². The summed E-state index contributed by atoms with van der Waals surface area (Å²) in [6.07, 6.45) is 3.15. The Kier molecular flexibility index (Phi) is 6.85. The quantitative estimate of drug-likeness (QED) is 0.176. The van der Waals surface area contributed by atoms with Gasteiger partial charge in [-0.25, -0.2) is 4.98 Å². The van der Waals surface area contributed by atoms with Gasteiger partial charge in [0.1, 0.15) is 0 Å². The summed E-state index contributed by atoms with van der Waals surface area (Å²) in [6, 6.07) is 28.4. The van der Waals surface area contributed by atoms with Crippen molar-refractivity contribution in [3.8, 4) is 22.3 Å². The van der Waals surface area contributed by atoms with E-state index in [0.29, 0.717) is 5.92 Å². The molecule has 7 rings (SSSR count). The molecule has 1 unspecified atom stereocenters. The maximum atomic E-state index is 5.38. The molecule has 2 aliphatic rings. The van der Waals surface area contributed by atoms with Gasteiger partial charge in [-0.15, -0.1) is 0 Å². The van der Waals surface area contributed by atoms with E-state index in [2.05, 4.69) is 161 Å². The molecule has 0 amide bonds. The maximum Gasteiger partial charge on any atom is 0.0766 e. The fourth-order valence-corrected chi connectivity index (χ4v) is 6.72. The number of nitrogens with one attached hydrogen (secondary N) is 2. The van der Waals surface area contributed by atoms with E-state index >= 15 is 0 Å². The number of aromatic nitrogens is 4. The van der Waals surface area contributed by atoms with Crippen LogP contribution in [-0.2, 0) is 6.42 Å². The number of hydrogen-bond donors (Lipinski definition) is 2. The zero-order chi connectivity index (χ0) is 28.2. The summed E-state index contributed by atoms with van der Waals surface area (Å²) >= 11 is 4.80. The van der Waals surface area contributed by atoms with Crippen LogP contribution in [0.25, 0.3) is 56.0 Å². The third kappa shape index (κ3) is 5.05. The van der Waals surface area contributed by atoms with Crippen LogP contribution in [0, 0.1) is 14.1 Å². The number of hydrogen-bond acceptors (Lipinski definition) is 2. The van der Waals surface area contributed by atoms with Gasteiger partial charge < -0.3 is 9.97 Å². The predicted molar refractivity (Wildman–Crippen MR) is 188 cm³/mol. The van der Waals surface area contributed by atoms with Crippen LogP contribution in [0.15, 0.2) is 78.9 Å². The molecule has 4 nitrogen and oxygen atoms in total. The number of aryl methyl sites for hydroxylation is 1.